The zero-order valence-electron chi connectivity index (χ0n) is 14.1. The van der Waals surface area contributed by atoms with Gasteiger partial charge >= 0.3 is 0 Å². The van der Waals surface area contributed by atoms with Gasteiger partial charge in [0.25, 0.3) is 0 Å². The molecule has 0 heterocycles. The normalized spacial score (nSPS) is 12.6. The molecule has 0 unspecified atom stereocenters. The van der Waals surface area contributed by atoms with Crippen LogP contribution in [0.25, 0.3) is 0 Å². The quantitative estimate of drug-likeness (QED) is 0.596. The van der Waals surface area contributed by atoms with Crippen LogP contribution in [-0.4, -0.2) is 51.1 Å². The third-order valence-corrected chi connectivity index (χ3v) is 3.80. The smallest absolute Gasteiger partial charge is 0.191 e. The zero-order chi connectivity index (χ0) is 15.7. The fraction of sp³-hybridized carbons (Fsp3) is 0.588. The number of nitrogens with zero attached hydrogens (tertiary/aromatic N) is 2. The first-order chi connectivity index (χ1) is 9.99. The number of benzene rings is 1. The van der Waals surface area contributed by atoms with Gasteiger partial charge in [0.15, 0.2) is 5.96 Å². The molecule has 4 heteroatoms. The molecule has 0 aliphatic heterocycles. The van der Waals surface area contributed by atoms with E-state index in [4.69, 9.17) is 0 Å². The van der Waals surface area contributed by atoms with Crippen molar-refractivity contribution in [2.24, 2.45) is 4.99 Å². The van der Waals surface area contributed by atoms with Gasteiger partial charge in [0.2, 0.25) is 0 Å². The molecule has 0 spiro atoms. The molecule has 118 valence electrons. The van der Waals surface area contributed by atoms with Crippen LogP contribution in [0, 0.1) is 0 Å². The van der Waals surface area contributed by atoms with E-state index in [1.165, 1.54) is 5.56 Å². The predicted octanol–water partition coefficient (Wildman–Crippen LogP) is 2.08. The van der Waals surface area contributed by atoms with Gasteiger partial charge in [0.05, 0.1) is 0 Å². The Hall–Kier alpha value is -1.55. The average Bonchev–Trinajstić information content (AvgIpc) is 2.51. The van der Waals surface area contributed by atoms with E-state index >= 15 is 0 Å². The van der Waals surface area contributed by atoms with Crippen LogP contribution in [0.4, 0.5) is 0 Å². The van der Waals surface area contributed by atoms with Crippen molar-refractivity contribution in [3.8, 4) is 0 Å². The Morgan fingerprint density at radius 2 is 1.86 bits per heavy atom. The Morgan fingerprint density at radius 1 is 1.19 bits per heavy atom. The van der Waals surface area contributed by atoms with E-state index in [1.54, 1.807) is 0 Å². The Labute approximate surface area is 129 Å². The minimum atomic E-state index is 0.0685. The van der Waals surface area contributed by atoms with Crippen molar-refractivity contribution in [1.29, 1.82) is 0 Å². The van der Waals surface area contributed by atoms with Crippen LogP contribution in [-0.2, 0) is 5.41 Å². The minimum absolute atomic E-state index is 0.0685. The van der Waals surface area contributed by atoms with Gasteiger partial charge in [-0.1, -0.05) is 51.1 Å². The summed E-state index contributed by atoms with van der Waals surface area (Å²) in [7, 11) is 3.94. The Bertz CT molecular complexity index is 426. The number of rotatable bonds is 7. The molecule has 1 aromatic rings. The summed E-state index contributed by atoms with van der Waals surface area (Å²) in [6.45, 7) is 10.5. The van der Waals surface area contributed by atoms with Gasteiger partial charge in [-0.3, -0.25) is 4.99 Å². The van der Waals surface area contributed by atoms with Crippen LogP contribution in [0.2, 0.25) is 0 Å². The van der Waals surface area contributed by atoms with Crippen LogP contribution < -0.4 is 10.6 Å². The summed E-state index contributed by atoms with van der Waals surface area (Å²) in [5.74, 6) is 0.864. The van der Waals surface area contributed by atoms with Gasteiger partial charge in [-0.15, -0.1) is 0 Å². The van der Waals surface area contributed by atoms with Crippen molar-refractivity contribution >= 4 is 5.96 Å². The molecule has 0 aliphatic rings. The maximum absolute atomic E-state index is 4.28. The van der Waals surface area contributed by atoms with Crippen LogP contribution in [0.1, 0.15) is 26.3 Å². The lowest BCUT2D eigenvalue weighted by molar-refractivity contribution is 0.357. The molecular weight excluding hydrogens is 260 g/mol. The summed E-state index contributed by atoms with van der Waals surface area (Å²) in [5, 5.41) is 6.78. The third kappa shape index (κ3) is 6.17. The summed E-state index contributed by atoms with van der Waals surface area (Å²) in [6, 6.07) is 10.6. The van der Waals surface area contributed by atoms with E-state index in [1.807, 2.05) is 7.05 Å². The third-order valence-electron chi connectivity index (χ3n) is 3.80. The number of nitrogens with one attached hydrogen (secondary N) is 2. The first-order valence-corrected chi connectivity index (χ1v) is 7.68. The highest BCUT2D eigenvalue weighted by atomic mass is 15.2. The van der Waals surface area contributed by atoms with E-state index < -0.39 is 0 Å². The molecule has 0 aliphatic carbocycles. The van der Waals surface area contributed by atoms with E-state index in [0.717, 1.165) is 32.1 Å². The van der Waals surface area contributed by atoms with Gasteiger partial charge in [-0.2, -0.15) is 0 Å². The average molecular weight is 290 g/mol. The lowest BCUT2D eigenvalue weighted by Crippen LogP contribution is -2.45. The number of aliphatic imine (C=N–C) groups is 1. The number of hydrogen-bond donors (Lipinski definition) is 2. The van der Waals surface area contributed by atoms with Crippen LogP contribution in [0.3, 0.4) is 0 Å². The van der Waals surface area contributed by atoms with Crippen molar-refractivity contribution in [3.05, 3.63) is 35.9 Å². The summed E-state index contributed by atoms with van der Waals surface area (Å²) in [5.41, 5.74) is 1.40. The van der Waals surface area contributed by atoms with Gasteiger partial charge in [0.1, 0.15) is 0 Å². The first kappa shape index (κ1) is 17.5. The lowest BCUT2D eigenvalue weighted by atomic mass is 9.85. The highest BCUT2D eigenvalue weighted by Crippen LogP contribution is 2.21. The summed E-state index contributed by atoms with van der Waals surface area (Å²) < 4.78 is 0. The molecule has 4 nitrogen and oxygen atoms in total. The maximum Gasteiger partial charge on any atom is 0.191 e. The van der Waals surface area contributed by atoms with Crippen LogP contribution in [0.5, 0.6) is 0 Å². The van der Waals surface area contributed by atoms with E-state index in [0.29, 0.717) is 0 Å². The van der Waals surface area contributed by atoms with E-state index in [-0.39, 0.29) is 5.41 Å². The topological polar surface area (TPSA) is 39.7 Å². The Balaban J connectivity index is 2.44. The zero-order valence-corrected chi connectivity index (χ0v) is 14.1. The molecule has 0 bridgehead atoms. The second kappa shape index (κ2) is 8.67. The second-order valence-electron chi connectivity index (χ2n) is 6.00. The molecule has 0 amide bonds. The molecule has 0 radical (unpaired) electrons. The van der Waals surface area contributed by atoms with Crippen molar-refractivity contribution in [1.82, 2.24) is 15.5 Å². The lowest BCUT2D eigenvalue weighted by Gasteiger charge is -2.27. The highest BCUT2D eigenvalue weighted by Gasteiger charge is 2.20. The fourth-order valence-corrected chi connectivity index (χ4v) is 2.04. The first-order valence-electron chi connectivity index (χ1n) is 7.68. The van der Waals surface area contributed by atoms with Crippen molar-refractivity contribution in [2.45, 2.75) is 26.2 Å². The Morgan fingerprint density at radius 3 is 2.43 bits per heavy atom. The summed E-state index contributed by atoms with van der Waals surface area (Å²) in [4.78, 5) is 6.56. The monoisotopic (exact) mass is 290 g/mol. The molecule has 0 atom stereocenters. The fourth-order valence-electron chi connectivity index (χ4n) is 2.04. The molecule has 1 aromatic carbocycles. The maximum atomic E-state index is 4.28. The molecule has 0 saturated carbocycles. The van der Waals surface area contributed by atoms with Crippen molar-refractivity contribution < 1.29 is 0 Å². The summed E-state index contributed by atoms with van der Waals surface area (Å²) in [6.07, 6.45) is 0. The van der Waals surface area contributed by atoms with E-state index in [2.05, 4.69) is 78.7 Å². The molecule has 1 rings (SSSR count). The largest absolute Gasteiger partial charge is 0.356 e. The Kier molecular flexibility index (Phi) is 7.23. The number of guanidine groups is 1. The molecule has 0 aromatic heterocycles. The molecule has 21 heavy (non-hydrogen) atoms. The number of hydrogen-bond acceptors (Lipinski definition) is 2. The molecule has 0 saturated heterocycles. The molecular formula is C17H30N4. The van der Waals surface area contributed by atoms with Crippen LogP contribution in [0.15, 0.2) is 35.3 Å². The minimum Gasteiger partial charge on any atom is -0.356 e. The second-order valence-corrected chi connectivity index (χ2v) is 6.00. The standard InChI is InChI=1S/C17H30N4/c1-6-21(5)13-12-19-16(18-4)20-14-17(2,3)15-10-8-7-9-11-15/h7-11H,6,12-14H2,1-5H3,(H2,18,19,20). The van der Waals surface area contributed by atoms with Gasteiger partial charge in [0, 0.05) is 32.1 Å². The molecule has 0 fully saturated rings. The predicted molar refractivity (Wildman–Crippen MR) is 92.0 cm³/mol. The highest BCUT2D eigenvalue weighted by molar-refractivity contribution is 5.79. The SMILES string of the molecule is CCN(C)CCNC(=NC)NCC(C)(C)c1ccccc1. The van der Waals surface area contributed by atoms with Crippen LogP contribution >= 0.6 is 0 Å². The van der Waals surface area contributed by atoms with Gasteiger partial charge in [-0.25, -0.2) is 0 Å². The molecule has 2 N–H and O–H groups in total. The van der Waals surface area contributed by atoms with Crippen molar-refractivity contribution in [2.75, 3.05) is 40.3 Å². The van der Waals surface area contributed by atoms with Crippen molar-refractivity contribution in [3.63, 3.8) is 0 Å². The summed E-state index contributed by atoms with van der Waals surface area (Å²) >= 11 is 0. The van der Waals surface area contributed by atoms with Gasteiger partial charge in [-0.05, 0) is 19.2 Å². The van der Waals surface area contributed by atoms with E-state index in [9.17, 15) is 0 Å². The number of likely N-dealkylation sites (N-methyl/N-ethyl adjacent to an activating group) is 1. The van der Waals surface area contributed by atoms with Gasteiger partial charge < -0.3 is 15.5 Å².